The van der Waals surface area contributed by atoms with E-state index in [2.05, 4.69) is 4.65 Å². The molecule has 96 valence electrons. The third kappa shape index (κ3) is 13.8. The number of aliphatic hydroxyl groups excluding tert-OH is 1. The van der Waals surface area contributed by atoms with Gasteiger partial charge in [0.2, 0.25) is 0 Å². The highest BCUT2D eigenvalue weighted by molar-refractivity contribution is 6.32. The van der Waals surface area contributed by atoms with Crippen molar-refractivity contribution in [1.29, 1.82) is 0 Å². The van der Waals surface area contributed by atoms with Crippen LogP contribution in [0.3, 0.4) is 0 Å². The molecule has 0 aliphatic heterocycles. The Morgan fingerprint density at radius 3 is 1.56 bits per heavy atom. The third-order valence-electron chi connectivity index (χ3n) is 1.47. The first-order chi connectivity index (χ1) is 7.77. The molecule has 0 aromatic rings. The lowest BCUT2D eigenvalue weighted by molar-refractivity contribution is 0.00129. The third-order valence-corrected chi connectivity index (χ3v) is 1.47. The molecule has 16 heavy (non-hydrogen) atoms. The molecule has 0 bridgehead atoms. The fourth-order valence-corrected chi connectivity index (χ4v) is 0.819. The van der Waals surface area contributed by atoms with Gasteiger partial charge in [0.25, 0.3) is 0 Å². The summed E-state index contributed by atoms with van der Waals surface area (Å²) in [6, 6.07) is 0. The molecule has 0 fully saturated rings. The van der Waals surface area contributed by atoms with Crippen molar-refractivity contribution in [1.82, 2.24) is 0 Å². The van der Waals surface area contributed by atoms with E-state index in [1.54, 1.807) is 0 Å². The monoisotopic (exact) mass is 238 g/mol. The fraction of sp³-hybridized carbons (Fsp3) is 1.00. The van der Waals surface area contributed by atoms with Gasteiger partial charge in [-0.15, -0.1) is 0 Å². The first-order valence-corrected chi connectivity index (χ1v) is 5.09. The molecule has 0 heterocycles. The molecule has 0 saturated heterocycles. The summed E-state index contributed by atoms with van der Waals surface area (Å²) in [5, 5.41) is 25.0. The molecule has 0 rings (SSSR count). The predicted octanol–water partition coefficient (Wildman–Crippen LogP) is -1.99. The molecule has 0 amide bonds. The highest BCUT2D eigenvalue weighted by atomic mass is 16.6. The minimum Gasteiger partial charge on any atom is -0.402 e. The highest BCUT2D eigenvalue weighted by Crippen LogP contribution is 1.82. The average Bonchev–Trinajstić information content (AvgIpc) is 2.25. The Hall–Kier alpha value is -0.215. The lowest BCUT2D eigenvalue weighted by Gasteiger charge is -2.06. The zero-order valence-electron chi connectivity index (χ0n) is 9.21. The minimum absolute atomic E-state index is 0.0137. The Labute approximate surface area is 95.1 Å². The molecule has 0 spiro atoms. The number of hydrogen-bond donors (Lipinski definition) is 3. The highest BCUT2D eigenvalue weighted by Gasteiger charge is 2.06. The smallest absolute Gasteiger partial charge is 0.402 e. The molecule has 8 heteroatoms. The Balaban J connectivity index is 2.88. The van der Waals surface area contributed by atoms with Gasteiger partial charge >= 0.3 is 7.32 Å². The molecular formula is C8H19BO7. The largest absolute Gasteiger partial charge is 0.633 e. The van der Waals surface area contributed by atoms with E-state index < -0.39 is 7.32 Å². The van der Waals surface area contributed by atoms with Crippen LogP contribution in [0.5, 0.6) is 0 Å². The second-order valence-electron chi connectivity index (χ2n) is 2.76. The zero-order chi connectivity index (χ0) is 12.1. The van der Waals surface area contributed by atoms with Gasteiger partial charge in [-0.25, -0.2) is 0 Å². The molecule has 0 aromatic carbocycles. The van der Waals surface area contributed by atoms with Crippen molar-refractivity contribution in [3.05, 3.63) is 0 Å². The van der Waals surface area contributed by atoms with Crippen LogP contribution in [0, 0.1) is 0 Å². The zero-order valence-corrected chi connectivity index (χ0v) is 9.21. The summed E-state index contributed by atoms with van der Waals surface area (Å²) >= 11 is 0. The molecule has 0 atom stereocenters. The van der Waals surface area contributed by atoms with Gasteiger partial charge in [-0.05, 0) is 0 Å². The number of rotatable bonds is 12. The van der Waals surface area contributed by atoms with Crippen LogP contribution in [0.15, 0.2) is 0 Å². The van der Waals surface area contributed by atoms with Gasteiger partial charge in [0, 0.05) is 0 Å². The van der Waals surface area contributed by atoms with Crippen molar-refractivity contribution in [2.75, 3.05) is 52.9 Å². The quantitative estimate of drug-likeness (QED) is 0.267. The van der Waals surface area contributed by atoms with Crippen LogP contribution in [-0.2, 0) is 18.9 Å². The number of ether oxygens (including phenoxy) is 3. The minimum atomic E-state index is -1.75. The number of hydrogen-bond acceptors (Lipinski definition) is 7. The lowest BCUT2D eigenvalue weighted by Crippen LogP contribution is -2.20. The summed E-state index contributed by atoms with van der Waals surface area (Å²) in [7, 11) is -1.75. The van der Waals surface area contributed by atoms with Crippen molar-refractivity contribution in [2.24, 2.45) is 0 Å². The number of aliphatic hydroxyl groups is 1. The van der Waals surface area contributed by atoms with E-state index >= 15 is 0 Å². The first-order valence-electron chi connectivity index (χ1n) is 5.09. The summed E-state index contributed by atoms with van der Waals surface area (Å²) in [6.45, 7) is 2.48. The SMILES string of the molecule is OCCOCCOCCOCCOB(O)O. The Bertz CT molecular complexity index is 136. The maximum absolute atomic E-state index is 8.40. The van der Waals surface area contributed by atoms with Crippen LogP contribution in [0.4, 0.5) is 0 Å². The van der Waals surface area contributed by atoms with Crippen LogP contribution in [0.25, 0.3) is 0 Å². The van der Waals surface area contributed by atoms with Gasteiger partial charge in [0.1, 0.15) is 0 Å². The van der Waals surface area contributed by atoms with E-state index in [0.717, 1.165) is 0 Å². The Morgan fingerprint density at radius 2 is 1.12 bits per heavy atom. The molecule has 3 N–H and O–H groups in total. The second kappa shape index (κ2) is 12.9. The molecule has 0 saturated carbocycles. The second-order valence-corrected chi connectivity index (χ2v) is 2.76. The molecule has 0 aromatic heterocycles. The Morgan fingerprint density at radius 1 is 0.688 bits per heavy atom. The molecule has 0 radical (unpaired) electrons. The molecule has 0 unspecified atom stereocenters. The molecule has 0 aliphatic carbocycles. The lowest BCUT2D eigenvalue weighted by atomic mass is 10.3. The first kappa shape index (κ1) is 15.8. The van der Waals surface area contributed by atoms with E-state index in [1.807, 2.05) is 0 Å². The summed E-state index contributed by atoms with van der Waals surface area (Å²) in [6.07, 6.45) is 0. The maximum Gasteiger partial charge on any atom is 0.633 e. The molecule has 7 nitrogen and oxygen atoms in total. The maximum atomic E-state index is 8.40. The van der Waals surface area contributed by atoms with E-state index in [0.29, 0.717) is 33.0 Å². The fourth-order valence-electron chi connectivity index (χ4n) is 0.819. The summed E-state index contributed by atoms with van der Waals surface area (Å²) in [5.41, 5.74) is 0. The van der Waals surface area contributed by atoms with Crippen molar-refractivity contribution in [2.45, 2.75) is 0 Å². The summed E-state index contributed by atoms with van der Waals surface area (Å²) < 4.78 is 19.6. The average molecular weight is 238 g/mol. The van der Waals surface area contributed by atoms with E-state index in [4.69, 9.17) is 29.4 Å². The van der Waals surface area contributed by atoms with E-state index in [1.165, 1.54) is 0 Å². The van der Waals surface area contributed by atoms with E-state index in [-0.39, 0.29) is 19.8 Å². The molecular weight excluding hydrogens is 219 g/mol. The Kier molecular flexibility index (Phi) is 12.7. The summed E-state index contributed by atoms with van der Waals surface area (Å²) in [4.78, 5) is 0. The van der Waals surface area contributed by atoms with Crippen LogP contribution in [0.2, 0.25) is 0 Å². The van der Waals surface area contributed by atoms with Crippen molar-refractivity contribution < 1.29 is 34.0 Å². The van der Waals surface area contributed by atoms with Crippen molar-refractivity contribution in [3.63, 3.8) is 0 Å². The van der Waals surface area contributed by atoms with Gasteiger partial charge in [0.15, 0.2) is 0 Å². The topological polar surface area (TPSA) is 97.6 Å². The van der Waals surface area contributed by atoms with Gasteiger partial charge in [-0.3, -0.25) is 0 Å². The van der Waals surface area contributed by atoms with Gasteiger partial charge in [-0.1, -0.05) is 0 Å². The van der Waals surface area contributed by atoms with Gasteiger partial charge in [-0.2, -0.15) is 0 Å². The van der Waals surface area contributed by atoms with Gasteiger partial charge in [0.05, 0.1) is 52.9 Å². The van der Waals surface area contributed by atoms with Crippen LogP contribution >= 0.6 is 0 Å². The van der Waals surface area contributed by atoms with Crippen LogP contribution in [-0.4, -0.2) is 75.3 Å². The van der Waals surface area contributed by atoms with Crippen LogP contribution < -0.4 is 0 Å². The van der Waals surface area contributed by atoms with Crippen molar-refractivity contribution >= 4 is 7.32 Å². The van der Waals surface area contributed by atoms with E-state index in [9.17, 15) is 0 Å². The molecule has 0 aliphatic rings. The van der Waals surface area contributed by atoms with Crippen molar-refractivity contribution in [3.8, 4) is 0 Å². The standard InChI is InChI=1S/C8H19BO7/c10-1-2-13-3-4-14-5-6-15-7-8-16-9(11)12/h10-12H,1-8H2. The predicted molar refractivity (Wildman–Crippen MR) is 55.7 cm³/mol. The van der Waals surface area contributed by atoms with Crippen LogP contribution in [0.1, 0.15) is 0 Å². The summed E-state index contributed by atoms with van der Waals surface area (Å²) in [5.74, 6) is 0. The van der Waals surface area contributed by atoms with Gasteiger partial charge < -0.3 is 34.0 Å². The normalized spacial score (nSPS) is 10.7.